The zero-order chi connectivity index (χ0) is 22.0. The third kappa shape index (κ3) is 5.99. The van der Waals surface area contributed by atoms with E-state index in [1.54, 1.807) is 4.90 Å². The summed E-state index contributed by atoms with van der Waals surface area (Å²) in [5, 5.41) is 0.403. The predicted molar refractivity (Wildman–Crippen MR) is 127 cm³/mol. The minimum absolute atomic E-state index is 0. The normalized spacial score (nSPS) is 11.1. The van der Waals surface area contributed by atoms with E-state index in [-0.39, 0.29) is 30.3 Å². The van der Waals surface area contributed by atoms with E-state index in [2.05, 4.69) is 17.1 Å². The van der Waals surface area contributed by atoms with Gasteiger partial charge in [0, 0.05) is 12.6 Å². The largest absolute Gasteiger partial charge is 0.309 e. The van der Waals surface area contributed by atoms with Gasteiger partial charge in [0.25, 0.3) is 0 Å². The average molecular weight is 468 g/mol. The Morgan fingerprint density at radius 2 is 1.68 bits per heavy atom. The van der Waals surface area contributed by atoms with Crippen molar-refractivity contribution in [1.29, 1.82) is 0 Å². The van der Waals surface area contributed by atoms with Crippen LogP contribution in [0.25, 0.3) is 10.2 Å². The van der Waals surface area contributed by atoms with E-state index < -0.39 is 11.6 Å². The van der Waals surface area contributed by atoms with Gasteiger partial charge in [-0.05, 0) is 70.6 Å². The summed E-state index contributed by atoms with van der Waals surface area (Å²) in [5.41, 5.74) is 4.41. The molecule has 0 aliphatic rings. The molecule has 0 N–H and O–H groups in total. The number of carbonyl (C=O) groups is 1. The summed E-state index contributed by atoms with van der Waals surface area (Å²) in [7, 11) is 3.95. The standard InChI is InChI=1S/C23H27F2N3OS.ClH/c1-14-9-15(2)18(16(3)10-14)13-21(29)28(8-6-7-27(4)5)23-26-22-19(25)11-17(24)12-20(22)30-23;/h9-12H,6-8,13H2,1-5H3;1H. The van der Waals surface area contributed by atoms with Gasteiger partial charge in [-0.15, -0.1) is 12.4 Å². The van der Waals surface area contributed by atoms with Gasteiger partial charge in [0.1, 0.15) is 11.3 Å². The molecule has 0 radical (unpaired) electrons. The summed E-state index contributed by atoms with van der Waals surface area (Å²) in [4.78, 5) is 21.3. The number of aromatic nitrogens is 1. The highest BCUT2D eigenvalue weighted by molar-refractivity contribution is 7.22. The molecule has 31 heavy (non-hydrogen) atoms. The number of halogens is 3. The molecule has 0 atom stereocenters. The van der Waals surface area contributed by atoms with Gasteiger partial charge in [-0.2, -0.15) is 0 Å². The van der Waals surface area contributed by atoms with Crippen molar-refractivity contribution in [2.24, 2.45) is 0 Å². The van der Waals surface area contributed by atoms with Crippen molar-refractivity contribution >= 4 is 45.0 Å². The second kappa shape index (κ2) is 10.5. The van der Waals surface area contributed by atoms with Gasteiger partial charge >= 0.3 is 0 Å². The van der Waals surface area contributed by atoms with E-state index in [1.807, 2.05) is 39.8 Å². The Kier molecular flexibility index (Phi) is 8.51. The van der Waals surface area contributed by atoms with Crippen molar-refractivity contribution in [3.63, 3.8) is 0 Å². The SMILES string of the molecule is Cc1cc(C)c(CC(=O)N(CCCN(C)C)c2nc3c(F)cc(F)cc3s2)c(C)c1.Cl. The van der Waals surface area contributed by atoms with Crippen LogP contribution in [-0.4, -0.2) is 43.0 Å². The summed E-state index contributed by atoms with van der Waals surface area (Å²) in [6, 6.07) is 6.23. The average Bonchev–Trinajstić information content (AvgIpc) is 3.05. The van der Waals surface area contributed by atoms with Gasteiger partial charge in [0.05, 0.1) is 11.1 Å². The number of amides is 1. The molecule has 0 unspecified atom stereocenters. The molecular weight excluding hydrogens is 440 g/mol. The molecule has 0 saturated heterocycles. The summed E-state index contributed by atoms with van der Waals surface area (Å²) in [6.07, 6.45) is 0.990. The molecule has 0 saturated carbocycles. The molecule has 1 aromatic heterocycles. The maximum absolute atomic E-state index is 14.2. The third-order valence-electron chi connectivity index (χ3n) is 5.09. The van der Waals surface area contributed by atoms with Crippen LogP contribution in [0.3, 0.4) is 0 Å². The lowest BCUT2D eigenvalue weighted by molar-refractivity contribution is -0.118. The van der Waals surface area contributed by atoms with Crippen molar-refractivity contribution in [1.82, 2.24) is 9.88 Å². The smallest absolute Gasteiger partial charge is 0.233 e. The topological polar surface area (TPSA) is 36.4 Å². The maximum atomic E-state index is 14.2. The van der Waals surface area contributed by atoms with E-state index in [1.165, 1.54) is 6.07 Å². The van der Waals surface area contributed by atoms with Crippen LogP contribution in [0.5, 0.6) is 0 Å². The Morgan fingerprint density at radius 1 is 1.03 bits per heavy atom. The van der Waals surface area contributed by atoms with Gasteiger partial charge in [-0.25, -0.2) is 13.8 Å². The number of anilines is 1. The predicted octanol–water partition coefficient (Wildman–Crippen LogP) is 5.45. The van der Waals surface area contributed by atoms with Gasteiger partial charge < -0.3 is 4.90 Å². The number of fused-ring (bicyclic) bond motifs is 1. The summed E-state index contributed by atoms with van der Waals surface area (Å²) in [5.74, 6) is -1.45. The number of hydrogen-bond acceptors (Lipinski definition) is 4. The first-order valence-electron chi connectivity index (χ1n) is 9.93. The molecule has 1 amide bonds. The van der Waals surface area contributed by atoms with Crippen LogP contribution in [0.1, 0.15) is 28.7 Å². The van der Waals surface area contributed by atoms with Crippen molar-refractivity contribution in [2.75, 3.05) is 32.1 Å². The quantitative estimate of drug-likeness (QED) is 0.463. The van der Waals surface area contributed by atoms with E-state index in [4.69, 9.17) is 0 Å². The minimum Gasteiger partial charge on any atom is -0.309 e. The van der Waals surface area contributed by atoms with Crippen LogP contribution in [0.15, 0.2) is 24.3 Å². The molecule has 0 bridgehead atoms. The number of hydrogen-bond donors (Lipinski definition) is 0. The van der Waals surface area contributed by atoms with Crippen molar-refractivity contribution in [3.05, 3.63) is 58.2 Å². The Labute approximate surface area is 192 Å². The monoisotopic (exact) mass is 467 g/mol. The fourth-order valence-corrected chi connectivity index (χ4v) is 4.72. The van der Waals surface area contributed by atoms with Crippen molar-refractivity contribution in [3.8, 4) is 0 Å². The second-order valence-electron chi connectivity index (χ2n) is 7.99. The maximum Gasteiger partial charge on any atom is 0.233 e. The van der Waals surface area contributed by atoms with E-state index >= 15 is 0 Å². The minimum atomic E-state index is -0.710. The first-order valence-corrected chi connectivity index (χ1v) is 10.7. The van der Waals surface area contributed by atoms with Crippen LogP contribution in [-0.2, 0) is 11.2 Å². The Bertz CT molecular complexity index is 1060. The Morgan fingerprint density at radius 3 is 2.29 bits per heavy atom. The zero-order valence-corrected chi connectivity index (χ0v) is 20.1. The Hall–Kier alpha value is -2.09. The number of thiazole rings is 1. The molecule has 0 aliphatic carbocycles. The van der Waals surface area contributed by atoms with E-state index in [0.29, 0.717) is 16.4 Å². The van der Waals surface area contributed by atoms with Crippen LogP contribution >= 0.6 is 23.7 Å². The number of carbonyl (C=O) groups excluding carboxylic acids is 1. The molecule has 0 spiro atoms. The molecule has 4 nitrogen and oxygen atoms in total. The molecule has 168 valence electrons. The molecular formula is C23H28ClF2N3OS. The third-order valence-corrected chi connectivity index (χ3v) is 6.11. The van der Waals surface area contributed by atoms with Crippen molar-refractivity contribution < 1.29 is 13.6 Å². The molecule has 2 aromatic carbocycles. The van der Waals surface area contributed by atoms with Gasteiger partial charge in [-0.3, -0.25) is 9.69 Å². The summed E-state index contributed by atoms with van der Waals surface area (Å²) < 4.78 is 28.2. The molecule has 8 heteroatoms. The highest BCUT2D eigenvalue weighted by Crippen LogP contribution is 2.32. The number of rotatable bonds is 7. The highest BCUT2D eigenvalue weighted by atomic mass is 35.5. The fraction of sp³-hybridized carbons (Fsp3) is 0.391. The van der Waals surface area contributed by atoms with Crippen LogP contribution in [0.2, 0.25) is 0 Å². The molecule has 0 fully saturated rings. The van der Waals surface area contributed by atoms with Crippen molar-refractivity contribution in [2.45, 2.75) is 33.6 Å². The van der Waals surface area contributed by atoms with Crippen LogP contribution in [0, 0.1) is 32.4 Å². The number of aryl methyl sites for hydroxylation is 3. The van der Waals surface area contributed by atoms with Gasteiger partial charge in [0.2, 0.25) is 5.91 Å². The fourth-order valence-electron chi connectivity index (χ4n) is 3.67. The summed E-state index contributed by atoms with van der Waals surface area (Å²) in [6.45, 7) is 7.32. The number of benzene rings is 2. The zero-order valence-electron chi connectivity index (χ0n) is 18.5. The Balaban J connectivity index is 0.00000341. The lowest BCUT2D eigenvalue weighted by atomic mass is 9.97. The van der Waals surface area contributed by atoms with Gasteiger partial charge in [-0.1, -0.05) is 29.0 Å². The lowest BCUT2D eigenvalue weighted by Crippen LogP contribution is -2.34. The van der Waals surface area contributed by atoms with Crippen LogP contribution in [0.4, 0.5) is 13.9 Å². The molecule has 3 rings (SSSR count). The van der Waals surface area contributed by atoms with Gasteiger partial charge in [0.15, 0.2) is 10.9 Å². The lowest BCUT2D eigenvalue weighted by Gasteiger charge is -2.22. The first kappa shape index (κ1) is 25.2. The van der Waals surface area contributed by atoms with Crippen LogP contribution < -0.4 is 4.90 Å². The van der Waals surface area contributed by atoms with E-state index in [0.717, 1.165) is 52.6 Å². The highest BCUT2D eigenvalue weighted by Gasteiger charge is 2.22. The number of nitrogens with zero attached hydrogens (tertiary/aromatic N) is 3. The molecule has 1 heterocycles. The molecule has 3 aromatic rings. The van der Waals surface area contributed by atoms with E-state index in [9.17, 15) is 13.6 Å². The molecule has 0 aliphatic heterocycles. The summed E-state index contributed by atoms with van der Waals surface area (Å²) >= 11 is 1.14. The second-order valence-corrected chi connectivity index (χ2v) is 9.00. The first-order chi connectivity index (χ1) is 14.2.